The monoisotopic (exact) mass is 456 g/mol. The summed E-state index contributed by atoms with van der Waals surface area (Å²) < 4.78 is 5.60. The molecule has 1 N–H and O–H groups in total. The summed E-state index contributed by atoms with van der Waals surface area (Å²) >= 11 is 0. The molecule has 1 atom stereocenters. The molecule has 1 amide bonds. The van der Waals surface area contributed by atoms with E-state index in [0.717, 1.165) is 16.8 Å². The Bertz CT molecular complexity index is 1220. The fraction of sp³-hybridized carbons (Fsp3) is 0.214. The van der Waals surface area contributed by atoms with Gasteiger partial charge in [-0.05, 0) is 42.3 Å². The summed E-state index contributed by atoms with van der Waals surface area (Å²) in [4.78, 5) is 29.9. The van der Waals surface area contributed by atoms with Crippen molar-refractivity contribution < 1.29 is 19.4 Å². The topological polar surface area (TPSA) is 70.1 Å². The van der Waals surface area contributed by atoms with Gasteiger partial charge in [-0.15, -0.1) is 0 Å². The Kier molecular flexibility index (Phi) is 6.68. The molecule has 1 aliphatic rings. The number of rotatable bonds is 7. The van der Waals surface area contributed by atoms with E-state index in [9.17, 15) is 14.7 Å². The number of benzene rings is 3. The quantitative estimate of drug-likeness (QED) is 0.315. The van der Waals surface area contributed by atoms with Crippen molar-refractivity contribution in [3.05, 3.63) is 101 Å². The van der Waals surface area contributed by atoms with Crippen molar-refractivity contribution in [2.75, 3.05) is 25.6 Å². The number of anilines is 1. The molecule has 174 valence electrons. The van der Waals surface area contributed by atoms with E-state index >= 15 is 0 Å². The van der Waals surface area contributed by atoms with E-state index in [4.69, 9.17) is 4.74 Å². The summed E-state index contributed by atoms with van der Waals surface area (Å²) in [5, 5.41) is 11.1. The van der Waals surface area contributed by atoms with E-state index in [1.807, 2.05) is 80.5 Å². The Morgan fingerprint density at radius 1 is 0.971 bits per heavy atom. The van der Waals surface area contributed by atoms with Gasteiger partial charge in [0.2, 0.25) is 0 Å². The van der Waals surface area contributed by atoms with Crippen LogP contribution in [0, 0.1) is 0 Å². The Morgan fingerprint density at radius 2 is 1.68 bits per heavy atom. The number of aliphatic hydroxyl groups excluding tert-OH is 1. The predicted molar refractivity (Wildman–Crippen MR) is 133 cm³/mol. The van der Waals surface area contributed by atoms with E-state index in [2.05, 4.69) is 0 Å². The maximum atomic E-state index is 13.2. The molecule has 1 saturated heterocycles. The van der Waals surface area contributed by atoms with E-state index < -0.39 is 17.7 Å². The summed E-state index contributed by atoms with van der Waals surface area (Å²) in [5.41, 5.74) is 3.17. The first-order valence-electron chi connectivity index (χ1n) is 11.2. The van der Waals surface area contributed by atoms with Crippen LogP contribution in [0.25, 0.3) is 5.76 Å². The van der Waals surface area contributed by atoms with Crippen LogP contribution in [0.1, 0.15) is 29.7 Å². The predicted octanol–water partition coefficient (Wildman–Crippen LogP) is 4.77. The third-order valence-corrected chi connectivity index (χ3v) is 5.87. The van der Waals surface area contributed by atoms with Gasteiger partial charge < -0.3 is 19.6 Å². The van der Waals surface area contributed by atoms with Gasteiger partial charge in [0.1, 0.15) is 11.5 Å². The molecule has 6 nitrogen and oxygen atoms in total. The van der Waals surface area contributed by atoms with Gasteiger partial charge in [0.15, 0.2) is 0 Å². The van der Waals surface area contributed by atoms with Crippen LogP contribution >= 0.6 is 0 Å². The lowest BCUT2D eigenvalue weighted by molar-refractivity contribution is -0.140. The summed E-state index contributed by atoms with van der Waals surface area (Å²) in [5.74, 6) is -0.802. The number of ketones is 1. The standard InChI is InChI=1S/C28H28N2O4/c1-4-34-23-12-8-9-19(17-23)18-30-25(20-13-15-22(16-14-20)29(2)3)24(27(32)28(30)33)26(31)21-10-6-5-7-11-21/h5-17,25,31H,4,18H2,1-3H3/b26-24-. The van der Waals surface area contributed by atoms with Crippen LogP contribution in [0.5, 0.6) is 5.75 Å². The third-order valence-electron chi connectivity index (χ3n) is 5.87. The lowest BCUT2D eigenvalue weighted by atomic mass is 9.95. The zero-order valence-corrected chi connectivity index (χ0v) is 19.6. The first-order valence-corrected chi connectivity index (χ1v) is 11.2. The minimum absolute atomic E-state index is 0.0924. The van der Waals surface area contributed by atoms with E-state index in [0.29, 0.717) is 17.9 Å². The number of ether oxygens (including phenoxy) is 1. The fourth-order valence-electron chi connectivity index (χ4n) is 4.19. The summed E-state index contributed by atoms with van der Waals surface area (Å²) in [6.07, 6.45) is 0. The Hall–Kier alpha value is -4.06. The molecule has 4 rings (SSSR count). The number of carbonyl (C=O) groups excluding carboxylic acids is 2. The van der Waals surface area contributed by atoms with Gasteiger partial charge in [0, 0.05) is 31.9 Å². The highest BCUT2D eigenvalue weighted by atomic mass is 16.5. The van der Waals surface area contributed by atoms with Gasteiger partial charge in [-0.25, -0.2) is 0 Å². The van der Waals surface area contributed by atoms with Crippen LogP contribution in [-0.2, 0) is 16.1 Å². The van der Waals surface area contributed by atoms with Crippen molar-refractivity contribution in [2.24, 2.45) is 0 Å². The summed E-state index contributed by atoms with van der Waals surface area (Å²) in [6, 6.07) is 23.3. The van der Waals surface area contributed by atoms with Gasteiger partial charge in [-0.2, -0.15) is 0 Å². The zero-order chi connectivity index (χ0) is 24.2. The van der Waals surface area contributed by atoms with Crippen molar-refractivity contribution in [2.45, 2.75) is 19.5 Å². The lowest BCUT2D eigenvalue weighted by Crippen LogP contribution is -2.29. The number of carbonyl (C=O) groups is 2. The van der Waals surface area contributed by atoms with Crippen molar-refractivity contribution in [3.63, 3.8) is 0 Å². The minimum atomic E-state index is -0.716. The zero-order valence-electron chi connectivity index (χ0n) is 19.6. The molecule has 1 heterocycles. The molecule has 1 aliphatic heterocycles. The van der Waals surface area contributed by atoms with Crippen molar-refractivity contribution in [1.82, 2.24) is 4.90 Å². The van der Waals surface area contributed by atoms with Crippen LogP contribution in [0.2, 0.25) is 0 Å². The molecule has 3 aromatic rings. The molecular formula is C28H28N2O4. The van der Waals surface area contributed by atoms with Crippen LogP contribution in [0.15, 0.2) is 84.4 Å². The summed E-state index contributed by atoms with van der Waals surface area (Å²) in [6.45, 7) is 2.65. The van der Waals surface area contributed by atoms with E-state index in [-0.39, 0.29) is 17.9 Å². The number of hydrogen-bond donors (Lipinski definition) is 1. The number of amides is 1. The first kappa shape index (κ1) is 23.1. The molecule has 34 heavy (non-hydrogen) atoms. The molecular weight excluding hydrogens is 428 g/mol. The molecule has 0 bridgehead atoms. The van der Waals surface area contributed by atoms with Crippen LogP contribution in [0.4, 0.5) is 5.69 Å². The summed E-state index contributed by atoms with van der Waals surface area (Å²) in [7, 11) is 3.89. The second kappa shape index (κ2) is 9.83. The molecule has 0 saturated carbocycles. The lowest BCUT2D eigenvalue weighted by Gasteiger charge is -2.26. The highest BCUT2D eigenvalue weighted by molar-refractivity contribution is 6.46. The Labute approximate surface area is 199 Å². The second-order valence-electron chi connectivity index (χ2n) is 8.36. The average Bonchev–Trinajstić information content (AvgIpc) is 3.09. The minimum Gasteiger partial charge on any atom is -0.507 e. The van der Waals surface area contributed by atoms with Crippen LogP contribution in [0.3, 0.4) is 0 Å². The normalized spacial score (nSPS) is 17.1. The van der Waals surface area contributed by atoms with E-state index in [1.54, 1.807) is 24.3 Å². The Morgan fingerprint density at radius 3 is 2.32 bits per heavy atom. The van der Waals surface area contributed by atoms with Crippen molar-refractivity contribution in [3.8, 4) is 5.75 Å². The van der Waals surface area contributed by atoms with Gasteiger partial charge in [0.25, 0.3) is 11.7 Å². The number of likely N-dealkylation sites (tertiary alicyclic amines) is 1. The highest BCUT2D eigenvalue weighted by Crippen LogP contribution is 2.40. The maximum absolute atomic E-state index is 13.2. The van der Waals surface area contributed by atoms with Crippen molar-refractivity contribution >= 4 is 23.1 Å². The van der Waals surface area contributed by atoms with Gasteiger partial charge in [-0.1, -0.05) is 54.6 Å². The number of nitrogens with zero attached hydrogens (tertiary/aromatic N) is 2. The van der Waals surface area contributed by atoms with Gasteiger partial charge >= 0.3 is 0 Å². The molecule has 1 unspecified atom stereocenters. The molecule has 3 aromatic carbocycles. The number of Topliss-reactive ketones (excluding diaryl/α,β-unsaturated/α-hetero) is 1. The third kappa shape index (κ3) is 4.53. The average molecular weight is 457 g/mol. The molecule has 0 radical (unpaired) electrons. The van der Waals surface area contributed by atoms with E-state index in [1.165, 1.54) is 4.90 Å². The molecule has 0 aliphatic carbocycles. The van der Waals surface area contributed by atoms with Crippen LogP contribution in [-0.4, -0.2) is 42.4 Å². The van der Waals surface area contributed by atoms with Crippen LogP contribution < -0.4 is 9.64 Å². The first-order chi connectivity index (χ1) is 16.4. The second-order valence-corrected chi connectivity index (χ2v) is 8.36. The number of hydrogen-bond acceptors (Lipinski definition) is 5. The largest absolute Gasteiger partial charge is 0.507 e. The molecule has 0 aromatic heterocycles. The molecule has 6 heteroatoms. The smallest absolute Gasteiger partial charge is 0.295 e. The highest BCUT2D eigenvalue weighted by Gasteiger charge is 2.46. The number of aliphatic hydroxyl groups is 1. The maximum Gasteiger partial charge on any atom is 0.295 e. The van der Waals surface area contributed by atoms with Crippen molar-refractivity contribution in [1.29, 1.82) is 0 Å². The fourth-order valence-corrected chi connectivity index (χ4v) is 4.19. The SMILES string of the molecule is CCOc1cccc(CN2C(=O)C(=O)/C(=C(\O)c3ccccc3)C2c2ccc(N(C)C)cc2)c1. The van der Waals surface area contributed by atoms with Gasteiger partial charge in [-0.3, -0.25) is 9.59 Å². The molecule has 0 spiro atoms. The molecule has 1 fully saturated rings. The Balaban J connectivity index is 1.81. The van der Waals surface area contributed by atoms with Gasteiger partial charge in [0.05, 0.1) is 18.2 Å².